The second kappa shape index (κ2) is 11.0. The van der Waals surface area contributed by atoms with Crippen molar-refractivity contribution < 1.29 is 13.9 Å². The fourth-order valence-electron chi connectivity index (χ4n) is 3.72. The number of halogens is 2. The Labute approximate surface area is 197 Å². The number of imidazole rings is 1. The predicted octanol–water partition coefficient (Wildman–Crippen LogP) is 5.66. The standard InChI is InChI=1S/C26H25ClFN3O2/c27-20-10-2-6-14-24(20)33-18-8-17-31-23-13-5-4-12-22(23)30-25(31)15-7-16-29-26(32)19-9-1-3-11-21(19)28/h1-6,9-14H,7-8,15-18H2,(H,29,32). The van der Waals surface area contributed by atoms with Crippen LogP contribution in [-0.2, 0) is 13.0 Å². The largest absolute Gasteiger partial charge is 0.492 e. The Morgan fingerprint density at radius 3 is 2.61 bits per heavy atom. The van der Waals surface area contributed by atoms with Crippen LogP contribution in [0.15, 0.2) is 72.8 Å². The minimum atomic E-state index is -0.518. The molecule has 5 nitrogen and oxygen atoms in total. The lowest BCUT2D eigenvalue weighted by atomic mass is 10.2. The summed E-state index contributed by atoms with van der Waals surface area (Å²) in [5, 5.41) is 3.39. The van der Waals surface area contributed by atoms with Crippen LogP contribution < -0.4 is 10.1 Å². The zero-order chi connectivity index (χ0) is 23.0. The van der Waals surface area contributed by atoms with Gasteiger partial charge >= 0.3 is 0 Å². The Morgan fingerprint density at radius 1 is 1.00 bits per heavy atom. The number of aromatic nitrogens is 2. The summed E-state index contributed by atoms with van der Waals surface area (Å²) in [4.78, 5) is 17.0. The zero-order valence-corrected chi connectivity index (χ0v) is 18.9. The molecule has 1 N–H and O–H groups in total. The first-order valence-electron chi connectivity index (χ1n) is 11.0. The van der Waals surface area contributed by atoms with Gasteiger partial charge in [0, 0.05) is 19.5 Å². The van der Waals surface area contributed by atoms with Crippen molar-refractivity contribution in [1.82, 2.24) is 14.9 Å². The third-order valence-electron chi connectivity index (χ3n) is 5.34. The van der Waals surface area contributed by atoms with Crippen LogP contribution in [0, 0.1) is 5.82 Å². The minimum absolute atomic E-state index is 0.0586. The Bertz CT molecular complexity index is 1240. The number of amides is 1. The molecule has 0 bridgehead atoms. The maximum atomic E-state index is 13.8. The number of ether oxygens (including phenoxy) is 1. The highest BCUT2D eigenvalue weighted by Crippen LogP contribution is 2.23. The second-order valence-corrected chi connectivity index (χ2v) is 8.05. The summed E-state index contributed by atoms with van der Waals surface area (Å²) in [7, 11) is 0. The predicted molar refractivity (Wildman–Crippen MR) is 128 cm³/mol. The van der Waals surface area contributed by atoms with E-state index in [0.717, 1.165) is 29.8 Å². The van der Waals surface area contributed by atoms with E-state index in [9.17, 15) is 9.18 Å². The molecule has 170 valence electrons. The van der Waals surface area contributed by atoms with Gasteiger partial charge in [-0.15, -0.1) is 0 Å². The van der Waals surface area contributed by atoms with Crippen molar-refractivity contribution in [1.29, 1.82) is 0 Å². The van der Waals surface area contributed by atoms with E-state index in [4.69, 9.17) is 21.3 Å². The summed E-state index contributed by atoms with van der Waals surface area (Å²) >= 11 is 6.16. The quantitative estimate of drug-likeness (QED) is 0.307. The monoisotopic (exact) mass is 465 g/mol. The molecule has 0 aliphatic rings. The van der Waals surface area contributed by atoms with Gasteiger partial charge < -0.3 is 14.6 Å². The van der Waals surface area contributed by atoms with Crippen LogP contribution in [0.1, 0.15) is 29.0 Å². The summed E-state index contributed by atoms with van der Waals surface area (Å²) in [5.74, 6) is 0.712. The van der Waals surface area contributed by atoms with Gasteiger partial charge in [-0.05, 0) is 49.2 Å². The average Bonchev–Trinajstić information content (AvgIpc) is 3.18. The fourth-order valence-corrected chi connectivity index (χ4v) is 3.91. The van der Waals surface area contributed by atoms with E-state index in [1.807, 2.05) is 42.5 Å². The fraction of sp³-hybridized carbons (Fsp3) is 0.231. The van der Waals surface area contributed by atoms with Crippen molar-refractivity contribution in [2.45, 2.75) is 25.8 Å². The molecule has 1 heterocycles. The first-order valence-corrected chi connectivity index (χ1v) is 11.4. The van der Waals surface area contributed by atoms with E-state index >= 15 is 0 Å². The lowest BCUT2D eigenvalue weighted by Crippen LogP contribution is -2.25. The van der Waals surface area contributed by atoms with Crippen molar-refractivity contribution in [2.24, 2.45) is 0 Å². The molecule has 0 saturated carbocycles. The first kappa shape index (κ1) is 22.8. The molecule has 7 heteroatoms. The number of hydrogen-bond acceptors (Lipinski definition) is 3. The summed E-state index contributed by atoms with van der Waals surface area (Å²) < 4.78 is 21.8. The topological polar surface area (TPSA) is 56.2 Å². The molecule has 0 radical (unpaired) electrons. The Balaban J connectivity index is 1.34. The number of hydrogen-bond donors (Lipinski definition) is 1. The number of para-hydroxylation sites is 3. The van der Waals surface area contributed by atoms with Gasteiger partial charge in [0.1, 0.15) is 17.4 Å². The summed E-state index contributed by atoms with van der Waals surface area (Å²) in [6.45, 7) is 1.72. The highest BCUT2D eigenvalue weighted by Gasteiger charge is 2.12. The molecular weight excluding hydrogens is 441 g/mol. The number of aryl methyl sites for hydroxylation is 2. The number of nitrogens with one attached hydrogen (secondary N) is 1. The van der Waals surface area contributed by atoms with Crippen molar-refractivity contribution in [3.63, 3.8) is 0 Å². The van der Waals surface area contributed by atoms with Gasteiger partial charge in [-0.3, -0.25) is 4.79 Å². The van der Waals surface area contributed by atoms with Gasteiger partial charge in [-0.1, -0.05) is 48.0 Å². The highest BCUT2D eigenvalue weighted by atomic mass is 35.5. The normalized spacial score (nSPS) is 11.0. The van der Waals surface area contributed by atoms with Crippen molar-refractivity contribution >= 4 is 28.5 Å². The van der Waals surface area contributed by atoms with E-state index in [1.165, 1.54) is 12.1 Å². The molecule has 4 aromatic rings. The lowest BCUT2D eigenvalue weighted by molar-refractivity contribution is 0.0949. The van der Waals surface area contributed by atoms with Crippen LogP contribution in [0.25, 0.3) is 11.0 Å². The maximum absolute atomic E-state index is 13.8. The molecule has 0 spiro atoms. The molecule has 4 rings (SSSR count). The van der Waals surface area contributed by atoms with Gasteiger partial charge in [-0.2, -0.15) is 0 Å². The molecule has 1 aromatic heterocycles. The van der Waals surface area contributed by atoms with E-state index < -0.39 is 11.7 Å². The number of benzene rings is 3. The number of carbonyl (C=O) groups excluding carboxylic acids is 1. The van der Waals surface area contributed by atoms with E-state index in [-0.39, 0.29) is 5.56 Å². The zero-order valence-electron chi connectivity index (χ0n) is 18.1. The van der Waals surface area contributed by atoms with Crippen molar-refractivity contribution in [2.75, 3.05) is 13.2 Å². The molecule has 0 atom stereocenters. The number of rotatable bonds is 10. The van der Waals surface area contributed by atoms with Crippen LogP contribution in [0.4, 0.5) is 4.39 Å². The van der Waals surface area contributed by atoms with Gasteiger partial charge in [0.05, 0.1) is 28.2 Å². The molecule has 1 amide bonds. The van der Waals surface area contributed by atoms with Crippen LogP contribution in [0.2, 0.25) is 5.02 Å². The first-order chi connectivity index (χ1) is 16.1. The van der Waals surface area contributed by atoms with Crippen LogP contribution >= 0.6 is 11.6 Å². The molecule has 0 aliphatic heterocycles. The van der Waals surface area contributed by atoms with E-state index in [0.29, 0.717) is 36.8 Å². The molecule has 3 aromatic carbocycles. The van der Waals surface area contributed by atoms with Crippen LogP contribution in [-0.4, -0.2) is 28.6 Å². The SMILES string of the molecule is O=C(NCCCc1nc2ccccc2n1CCCOc1ccccc1Cl)c1ccccc1F. The third-order valence-corrected chi connectivity index (χ3v) is 5.65. The molecule has 0 aliphatic carbocycles. The van der Waals surface area contributed by atoms with Crippen LogP contribution in [0.3, 0.4) is 0 Å². The van der Waals surface area contributed by atoms with Crippen molar-refractivity contribution in [3.8, 4) is 5.75 Å². The molecule has 0 saturated heterocycles. The molecular formula is C26H25ClFN3O2. The molecule has 33 heavy (non-hydrogen) atoms. The van der Waals surface area contributed by atoms with Gasteiger partial charge in [0.25, 0.3) is 5.91 Å². The number of nitrogens with zero attached hydrogens (tertiary/aromatic N) is 2. The smallest absolute Gasteiger partial charge is 0.254 e. The summed E-state index contributed by atoms with van der Waals surface area (Å²) in [6.07, 6.45) is 2.18. The van der Waals surface area contributed by atoms with Gasteiger partial charge in [-0.25, -0.2) is 9.37 Å². The molecule has 0 fully saturated rings. The molecule has 0 unspecified atom stereocenters. The number of carbonyl (C=O) groups is 1. The Kier molecular flexibility index (Phi) is 7.58. The highest BCUT2D eigenvalue weighted by molar-refractivity contribution is 6.32. The maximum Gasteiger partial charge on any atom is 0.254 e. The summed E-state index contributed by atoms with van der Waals surface area (Å²) in [5.41, 5.74) is 2.07. The average molecular weight is 466 g/mol. The van der Waals surface area contributed by atoms with Gasteiger partial charge in [0.2, 0.25) is 0 Å². The van der Waals surface area contributed by atoms with E-state index in [2.05, 4.69) is 16.0 Å². The summed E-state index contributed by atoms with van der Waals surface area (Å²) in [6, 6.07) is 21.4. The van der Waals surface area contributed by atoms with Gasteiger partial charge in [0.15, 0.2) is 0 Å². The lowest BCUT2D eigenvalue weighted by Gasteiger charge is -2.11. The Hall–Kier alpha value is -3.38. The Morgan fingerprint density at radius 2 is 1.76 bits per heavy atom. The van der Waals surface area contributed by atoms with Crippen molar-refractivity contribution in [3.05, 3.63) is 95.0 Å². The van der Waals surface area contributed by atoms with Crippen LogP contribution in [0.5, 0.6) is 5.75 Å². The number of fused-ring (bicyclic) bond motifs is 1. The second-order valence-electron chi connectivity index (χ2n) is 7.64. The minimum Gasteiger partial charge on any atom is -0.492 e. The third kappa shape index (κ3) is 5.71. The van der Waals surface area contributed by atoms with E-state index in [1.54, 1.807) is 12.1 Å².